The average molecular weight is 455 g/mol. The Labute approximate surface area is 193 Å². The van der Waals surface area contributed by atoms with Crippen LogP contribution >= 0.6 is 0 Å². The number of aliphatic carboxylic acids is 1. The monoisotopic (exact) mass is 454 g/mol. The van der Waals surface area contributed by atoms with Gasteiger partial charge < -0.3 is 24.8 Å². The van der Waals surface area contributed by atoms with Crippen molar-refractivity contribution < 1.29 is 29.0 Å². The molecule has 1 aliphatic carbocycles. The van der Waals surface area contributed by atoms with Crippen LogP contribution < -0.4 is 5.32 Å². The number of carbonyl (C=O) groups excluding carboxylic acids is 2. The van der Waals surface area contributed by atoms with E-state index >= 15 is 0 Å². The third-order valence-electron chi connectivity index (χ3n) is 5.81. The van der Waals surface area contributed by atoms with Crippen LogP contribution in [-0.2, 0) is 19.1 Å². The van der Waals surface area contributed by atoms with E-state index in [1.165, 1.54) is 23.0 Å². The second-order valence-corrected chi connectivity index (χ2v) is 7.81. The predicted molar refractivity (Wildman–Crippen MR) is 123 cm³/mol. The molecule has 0 aliphatic heterocycles. The summed E-state index contributed by atoms with van der Waals surface area (Å²) in [6.07, 6.45) is -0.444. The Balaban J connectivity index is 1.37. The van der Waals surface area contributed by atoms with Crippen LogP contribution in [0, 0.1) is 0 Å². The van der Waals surface area contributed by atoms with Crippen LogP contribution in [0.2, 0.25) is 0 Å². The normalized spacial score (nSPS) is 13.0. The molecular formula is C25H30N2O6. The lowest BCUT2D eigenvalue weighted by Crippen LogP contribution is -2.43. The lowest BCUT2D eigenvalue weighted by molar-refractivity contribution is -0.149. The molecule has 176 valence electrons. The molecular weight excluding hydrogens is 424 g/mol. The minimum atomic E-state index is -1.04. The first-order chi connectivity index (χ1) is 15.9. The van der Waals surface area contributed by atoms with E-state index < -0.39 is 18.1 Å². The van der Waals surface area contributed by atoms with Gasteiger partial charge in [-0.15, -0.1) is 0 Å². The van der Waals surface area contributed by atoms with E-state index in [1.54, 1.807) is 6.92 Å². The highest BCUT2D eigenvalue weighted by Gasteiger charge is 2.29. The van der Waals surface area contributed by atoms with Crippen molar-refractivity contribution in [1.82, 2.24) is 10.2 Å². The largest absolute Gasteiger partial charge is 0.480 e. The summed E-state index contributed by atoms with van der Waals surface area (Å²) in [6.45, 7) is 4.37. The number of alkyl carbamates (subject to hydrolysis) is 1. The van der Waals surface area contributed by atoms with Crippen molar-refractivity contribution in [2.45, 2.75) is 32.2 Å². The first-order valence-electron chi connectivity index (χ1n) is 11.1. The van der Waals surface area contributed by atoms with E-state index in [9.17, 15) is 14.4 Å². The number of likely N-dealkylation sites (N-methyl/N-ethyl adjacent to an activating group) is 1. The van der Waals surface area contributed by atoms with Crippen molar-refractivity contribution in [3.05, 3.63) is 59.7 Å². The van der Waals surface area contributed by atoms with Gasteiger partial charge >= 0.3 is 12.1 Å². The molecule has 0 fully saturated rings. The van der Waals surface area contributed by atoms with Gasteiger partial charge in [0, 0.05) is 19.0 Å². The van der Waals surface area contributed by atoms with Gasteiger partial charge in [0.1, 0.15) is 12.6 Å². The Morgan fingerprint density at radius 3 is 2.21 bits per heavy atom. The maximum absolute atomic E-state index is 12.1. The number of ether oxygens (including phenoxy) is 2. The second-order valence-electron chi connectivity index (χ2n) is 7.81. The molecule has 8 heteroatoms. The van der Waals surface area contributed by atoms with E-state index in [0.29, 0.717) is 6.54 Å². The summed E-state index contributed by atoms with van der Waals surface area (Å²) in [4.78, 5) is 36.6. The Hall–Kier alpha value is -3.39. The van der Waals surface area contributed by atoms with E-state index in [-0.39, 0.29) is 44.6 Å². The highest BCUT2D eigenvalue weighted by atomic mass is 16.5. The van der Waals surface area contributed by atoms with Gasteiger partial charge in [0.2, 0.25) is 5.91 Å². The molecule has 2 N–H and O–H groups in total. The van der Waals surface area contributed by atoms with Crippen LogP contribution in [0.25, 0.3) is 11.1 Å². The topological polar surface area (TPSA) is 105 Å². The molecule has 0 spiro atoms. The summed E-state index contributed by atoms with van der Waals surface area (Å²) in [5.74, 6) is -1.32. The standard InChI is InChI=1S/C25H30N2O6/c1-3-27(17(2)24(29)30)23(28)12-14-32-15-13-26-25(31)33-16-22-20-10-6-4-8-18(20)19-9-5-7-11-21(19)22/h4-11,17,22H,3,12-16H2,1-2H3,(H,26,31)(H,29,30). The van der Waals surface area contributed by atoms with Gasteiger partial charge in [-0.25, -0.2) is 9.59 Å². The van der Waals surface area contributed by atoms with Crippen molar-refractivity contribution in [2.75, 3.05) is 32.9 Å². The van der Waals surface area contributed by atoms with Gasteiger partial charge in [0.15, 0.2) is 0 Å². The minimum Gasteiger partial charge on any atom is -0.480 e. The van der Waals surface area contributed by atoms with Crippen molar-refractivity contribution in [3.8, 4) is 11.1 Å². The van der Waals surface area contributed by atoms with E-state index in [2.05, 4.69) is 29.6 Å². The highest BCUT2D eigenvalue weighted by Crippen LogP contribution is 2.44. The molecule has 8 nitrogen and oxygen atoms in total. The molecule has 0 aromatic heterocycles. The van der Waals surface area contributed by atoms with Crippen molar-refractivity contribution in [2.24, 2.45) is 0 Å². The zero-order chi connectivity index (χ0) is 23.8. The number of fused-ring (bicyclic) bond motifs is 3. The molecule has 1 atom stereocenters. The first kappa shape index (κ1) is 24.3. The predicted octanol–water partition coefficient (Wildman–Crippen LogP) is 3.25. The van der Waals surface area contributed by atoms with Gasteiger partial charge in [-0.3, -0.25) is 4.79 Å². The first-order valence-corrected chi connectivity index (χ1v) is 11.1. The average Bonchev–Trinajstić information content (AvgIpc) is 3.14. The Morgan fingerprint density at radius 2 is 1.64 bits per heavy atom. The summed E-state index contributed by atoms with van der Waals surface area (Å²) in [5, 5.41) is 11.7. The third kappa shape index (κ3) is 5.90. The van der Waals surface area contributed by atoms with Crippen molar-refractivity contribution in [1.29, 1.82) is 0 Å². The number of amides is 2. The lowest BCUT2D eigenvalue weighted by atomic mass is 9.98. The zero-order valence-electron chi connectivity index (χ0n) is 19.0. The molecule has 33 heavy (non-hydrogen) atoms. The highest BCUT2D eigenvalue weighted by molar-refractivity contribution is 5.83. The van der Waals surface area contributed by atoms with E-state index in [0.717, 1.165) is 11.1 Å². The van der Waals surface area contributed by atoms with Gasteiger partial charge in [0.05, 0.1) is 19.6 Å². The third-order valence-corrected chi connectivity index (χ3v) is 5.81. The molecule has 0 heterocycles. The van der Waals surface area contributed by atoms with Crippen LogP contribution in [0.4, 0.5) is 4.79 Å². The molecule has 1 aliphatic rings. The minimum absolute atomic E-state index is 0.000109. The quantitative estimate of drug-likeness (QED) is 0.505. The maximum Gasteiger partial charge on any atom is 0.407 e. The van der Waals surface area contributed by atoms with E-state index in [4.69, 9.17) is 14.6 Å². The fourth-order valence-corrected chi connectivity index (χ4v) is 4.08. The molecule has 3 rings (SSSR count). The molecule has 2 aromatic carbocycles. The number of benzene rings is 2. The van der Waals surface area contributed by atoms with Crippen molar-refractivity contribution in [3.63, 3.8) is 0 Å². The van der Waals surface area contributed by atoms with Crippen molar-refractivity contribution >= 4 is 18.0 Å². The number of carbonyl (C=O) groups is 3. The van der Waals surface area contributed by atoms with Gasteiger partial charge in [-0.1, -0.05) is 48.5 Å². The Kier molecular flexibility index (Phi) is 8.43. The zero-order valence-corrected chi connectivity index (χ0v) is 19.0. The van der Waals surface area contributed by atoms with Gasteiger partial charge in [-0.2, -0.15) is 0 Å². The van der Waals surface area contributed by atoms with Gasteiger partial charge in [0.25, 0.3) is 0 Å². The van der Waals surface area contributed by atoms with E-state index in [1.807, 2.05) is 24.3 Å². The Morgan fingerprint density at radius 1 is 1.03 bits per heavy atom. The summed E-state index contributed by atoms with van der Waals surface area (Å²) in [6, 6.07) is 15.4. The summed E-state index contributed by atoms with van der Waals surface area (Å²) in [5.41, 5.74) is 4.64. The van der Waals surface area contributed by atoms with Crippen LogP contribution in [-0.4, -0.2) is 66.9 Å². The fourth-order valence-electron chi connectivity index (χ4n) is 4.08. The molecule has 0 radical (unpaired) electrons. The SMILES string of the molecule is CCN(C(=O)CCOCCNC(=O)OCC1c2ccccc2-c2ccccc21)C(C)C(=O)O. The van der Waals surface area contributed by atoms with Crippen LogP contribution in [0.5, 0.6) is 0 Å². The molecule has 0 saturated heterocycles. The molecule has 1 unspecified atom stereocenters. The van der Waals surface area contributed by atoms with Crippen LogP contribution in [0.1, 0.15) is 37.3 Å². The summed E-state index contributed by atoms with van der Waals surface area (Å²) < 4.78 is 10.9. The molecule has 2 aromatic rings. The number of hydrogen-bond donors (Lipinski definition) is 2. The second kappa shape index (κ2) is 11.5. The van der Waals surface area contributed by atoms with Gasteiger partial charge in [-0.05, 0) is 36.1 Å². The number of nitrogens with one attached hydrogen (secondary N) is 1. The molecule has 0 saturated carbocycles. The smallest absolute Gasteiger partial charge is 0.407 e. The number of carboxylic acid groups (broad SMARTS) is 1. The Bertz CT molecular complexity index is 947. The molecule has 0 bridgehead atoms. The summed E-state index contributed by atoms with van der Waals surface area (Å²) in [7, 11) is 0. The van der Waals surface area contributed by atoms with Crippen LogP contribution in [0.15, 0.2) is 48.5 Å². The lowest BCUT2D eigenvalue weighted by Gasteiger charge is -2.24. The number of carboxylic acids is 1. The number of hydrogen-bond acceptors (Lipinski definition) is 5. The van der Waals surface area contributed by atoms with Crippen LogP contribution in [0.3, 0.4) is 0 Å². The fraction of sp³-hybridized carbons (Fsp3) is 0.400. The molecule has 2 amide bonds. The number of nitrogens with zero attached hydrogens (tertiary/aromatic N) is 1. The number of rotatable bonds is 11. The maximum atomic E-state index is 12.1. The summed E-state index contributed by atoms with van der Waals surface area (Å²) >= 11 is 0.